The minimum absolute atomic E-state index is 0.0814. The Morgan fingerprint density at radius 2 is 2.35 bits per heavy atom. The Kier molecular flexibility index (Phi) is 4.04. The summed E-state index contributed by atoms with van der Waals surface area (Å²) in [5.74, 6) is 0.633. The molecule has 0 aliphatic heterocycles. The van der Waals surface area contributed by atoms with Crippen molar-refractivity contribution < 1.29 is 0 Å². The molecule has 0 aromatic carbocycles. The molecule has 92 valence electrons. The molecule has 0 saturated heterocycles. The summed E-state index contributed by atoms with van der Waals surface area (Å²) >= 11 is 6.57. The zero-order valence-electron chi connectivity index (χ0n) is 9.25. The van der Waals surface area contributed by atoms with Gasteiger partial charge in [-0.3, -0.25) is 4.79 Å². The number of hydrogen-bond donors (Lipinski definition) is 1. The maximum atomic E-state index is 12.0. The first-order chi connectivity index (χ1) is 8.08. The predicted octanol–water partition coefficient (Wildman–Crippen LogP) is 2.74. The van der Waals surface area contributed by atoms with E-state index in [1.165, 1.54) is 17.5 Å². The quantitative estimate of drug-likeness (QED) is 0.875. The van der Waals surface area contributed by atoms with Crippen molar-refractivity contribution in [2.24, 2.45) is 5.92 Å². The Bertz CT molecular complexity index is 494. The molecule has 0 radical (unpaired) electrons. The van der Waals surface area contributed by atoms with Gasteiger partial charge in [-0.2, -0.15) is 5.10 Å². The van der Waals surface area contributed by atoms with Crippen molar-refractivity contribution in [3.8, 4) is 0 Å². The van der Waals surface area contributed by atoms with Crippen molar-refractivity contribution in [1.29, 1.82) is 0 Å². The Morgan fingerprint density at radius 1 is 1.65 bits per heavy atom. The highest BCUT2D eigenvalue weighted by molar-refractivity contribution is 9.11. The highest BCUT2D eigenvalue weighted by Gasteiger charge is 2.23. The maximum absolute atomic E-state index is 12.0. The van der Waals surface area contributed by atoms with Crippen molar-refractivity contribution in [3.63, 3.8) is 0 Å². The number of nitrogens with one attached hydrogen (secondary N) is 1. The zero-order valence-corrected chi connectivity index (χ0v) is 12.4. The number of anilines is 1. The molecule has 0 atom stereocenters. The van der Waals surface area contributed by atoms with Gasteiger partial charge in [-0.1, -0.05) is 22.5 Å². The van der Waals surface area contributed by atoms with Crippen LogP contribution in [0.1, 0.15) is 12.8 Å². The number of rotatable bonds is 5. The summed E-state index contributed by atoms with van der Waals surface area (Å²) in [6.07, 6.45) is 4.08. The molecule has 0 spiro atoms. The smallest absolute Gasteiger partial charge is 0.283 e. The number of hydrogen-bond acceptors (Lipinski definition) is 3. The number of aromatic nitrogens is 2. The van der Waals surface area contributed by atoms with E-state index in [9.17, 15) is 4.79 Å². The first-order valence-electron chi connectivity index (χ1n) is 5.40. The van der Waals surface area contributed by atoms with Gasteiger partial charge in [0.05, 0.1) is 11.9 Å². The highest BCUT2D eigenvalue weighted by Crippen LogP contribution is 2.30. The molecule has 1 aliphatic rings. The van der Waals surface area contributed by atoms with Gasteiger partial charge in [-0.25, -0.2) is 4.68 Å². The van der Waals surface area contributed by atoms with Gasteiger partial charge < -0.3 is 5.32 Å². The summed E-state index contributed by atoms with van der Waals surface area (Å²) in [5, 5.41) is 7.24. The van der Waals surface area contributed by atoms with Crippen LogP contribution in [0.15, 0.2) is 26.5 Å². The average Bonchev–Trinajstić information content (AvgIpc) is 3.07. The van der Waals surface area contributed by atoms with Gasteiger partial charge in [0, 0.05) is 17.6 Å². The van der Waals surface area contributed by atoms with Crippen molar-refractivity contribution in [2.45, 2.75) is 19.4 Å². The van der Waals surface area contributed by atoms with Gasteiger partial charge in [0.15, 0.2) is 0 Å². The van der Waals surface area contributed by atoms with Gasteiger partial charge in [-0.15, -0.1) is 0 Å². The molecule has 0 unspecified atom stereocenters. The molecule has 1 fully saturated rings. The second kappa shape index (κ2) is 5.35. The van der Waals surface area contributed by atoms with Crippen LogP contribution in [0.5, 0.6) is 0 Å². The van der Waals surface area contributed by atoms with Gasteiger partial charge in [0.25, 0.3) is 5.56 Å². The first kappa shape index (κ1) is 12.8. The van der Waals surface area contributed by atoms with E-state index in [-0.39, 0.29) is 5.56 Å². The van der Waals surface area contributed by atoms with Crippen LogP contribution < -0.4 is 10.9 Å². The van der Waals surface area contributed by atoms with Crippen LogP contribution in [0.25, 0.3) is 0 Å². The molecule has 0 bridgehead atoms. The lowest BCUT2D eigenvalue weighted by Gasteiger charge is -2.09. The lowest BCUT2D eigenvalue weighted by atomic mass is 10.4. The molecule has 1 aromatic heterocycles. The topological polar surface area (TPSA) is 46.9 Å². The normalized spacial score (nSPS) is 14.7. The molecule has 1 aromatic rings. The first-order valence-corrected chi connectivity index (χ1v) is 6.99. The van der Waals surface area contributed by atoms with E-state index < -0.39 is 0 Å². The van der Waals surface area contributed by atoms with Crippen molar-refractivity contribution in [2.75, 3.05) is 11.9 Å². The van der Waals surface area contributed by atoms with E-state index in [4.69, 9.17) is 0 Å². The summed E-state index contributed by atoms with van der Waals surface area (Å²) in [6.45, 7) is 5.01. The summed E-state index contributed by atoms with van der Waals surface area (Å²) in [7, 11) is 0. The van der Waals surface area contributed by atoms with Crippen molar-refractivity contribution in [3.05, 3.63) is 32.1 Å². The molecule has 0 amide bonds. The lowest BCUT2D eigenvalue weighted by molar-refractivity contribution is 0.532. The third-order valence-corrected chi connectivity index (χ3v) is 3.63. The van der Waals surface area contributed by atoms with E-state index in [1.807, 2.05) is 0 Å². The molecule has 6 heteroatoms. The molecule has 1 aliphatic carbocycles. The predicted molar refractivity (Wildman–Crippen MR) is 75.5 cm³/mol. The van der Waals surface area contributed by atoms with E-state index >= 15 is 0 Å². The highest BCUT2D eigenvalue weighted by atomic mass is 79.9. The molecular formula is C11H13Br2N3O. The van der Waals surface area contributed by atoms with Crippen LogP contribution in [-0.2, 0) is 6.54 Å². The second-order valence-corrected chi connectivity index (χ2v) is 6.09. The van der Waals surface area contributed by atoms with E-state index in [0.29, 0.717) is 22.6 Å². The largest absolute Gasteiger partial charge is 0.378 e. The van der Waals surface area contributed by atoms with Gasteiger partial charge in [0.1, 0.15) is 4.47 Å². The summed E-state index contributed by atoms with van der Waals surface area (Å²) in [6, 6.07) is 0. The maximum Gasteiger partial charge on any atom is 0.283 e. The summed E-state index contributed by atoms with van der Waals surface area (Å²) in [4.78, 5) is 12.0. The average molecular weight is 363 g/mol. The van der Waals surface area contributed by atoms with E-state index in [1.54, 1.807) is 6.20 Å². The van der Waals surface area contributed by atoms with Crippen LogP contribution in [0.2, 0.25) is 0 Å². The molecule has 2 rings (SSSR count). The second-order valence-electron chi connectivity index (χ2n) is 4.17. The Hall–Kier alpha value is -0.620. The summed E-state index contributed by atoms with van der Waals surface area (Å²) < 4.78 is 2.88. The van der Waals surface area contributed by atoms with Crippen LogP contribution in [0.3, 0.4) is 0 Å². The standard InChI is InChI=1S/C11H13Br2N3O/c1-7(12)4-14-9-5-15-16(6-8-2-3-8)11(17)10(9)13/h5,8,14H,1-4,6H2. The van der Waals surface area contributed by atoms with Gasteiger partial charge in [-0.05, 0) is 34.7 Å². The SMILES string of the molecule is C=C(Br)CNc1cnn(CC2CC2)c(=O)c1Br. The van der Waals surface area contributed by atoms with Gasteiger partial charge >= 0.3 is 0 Å². The van der Waals surface area contributed by atoms with Crippen molar-refractivity contribution in [1.82, 2.24) is 9.78 Å². The third kappa shape index (κ3) is 3.42. The fourth-order valence-electron chi connectivity index (χ4n) is 1.45. The fourth-order valence-corrected chi connectivity index (χ4v) is 2.04. The molecular weight excluding hydrogens is 350 g/mol. The number of nitrogens with zero attached hydrogens (tertiary/aromatic N) is 2. The summed E-state index contributed by atoms with van der Waals surface area (Å²) in [5.41, 5.74) is 0.615. The lowest BCUT2D eigenvalue weighted by Crippen LogP contribution is -2.25. The Labute approximate surface area is 116 Å². The van der Waals surface area contributed by atoms with Crippen LogP contribution in [0.4, 0.5) is 5.69 Å². The van der Waals surface area contributed by atoms with Crippen LogP contribution >= 0.6 is 31.9 Å². The molecule has 17 heavy (non-hydrogen) atoms. The Morgan fingerprint density at radius 3 is 2.94 bits per heavy atom. The monoisotopic (exact) mass is 361 g/mol. The fraction of sp³-hybridized carbons (Fsp3) is 0.455. The van der Waals surface area contributed by atoms with E-state index in [2.05, 4.69) is 48.9 Å². The van der Waals surface area contributed by atoms with Crippen LogP contribution in [0, 0.1) is 5.92 Å². The molecule has 1 saturated carbocycles. The third-order valence-electron chi connectivity index (χ3n) is 2.58. The number of halogens is 2. The van der Waals surface area contributed by atoms with E-state index in [0.717, 1.165) is 11.0 Å². The van der Waals surface area contributed by atoms with Gasteiger partial charge in [0.2, 0.25) is 0 Å². The van der Waals surface area contributed by atoms with Crippen LogP contribution in [-0.4, -0.2) is 16.3 Å². The minimum Gasteiger partial charge on any atom is -0.378 e. The molecule has 1 heterocycles. The molecule has 4 nitrogen and oxygen atoms in total. The Balaban J connectivity index is 2.16. The minimum atomic E-state index is -0.0814. The van der Waals surface area contributed by atoms with Crippen molar-refractivity contribution >= 4 is 37.5 Å². The molecule has 1 N–H and O–H groups in total. The zero-order chi connectivity index (χ0) is 12.4.